The van der Waals surface area contributed by atoms with Gasteiger partial charge in [0.15, 0.2) is 0 Å². The molecule has 10 heteroatoms. The zero-order chi connectivity index (χ0) is 24.5. The van der Waals surface area contributed by atoms with Crippen molar-refractivity contribution in [2.24, 2.45) is 0 Å². The summed E-state index contributed by atoms with van der Waals surface area (Å²) in [5.41, 5.74) is 0.593. The van der Waals surface area contributed by atoms with Crippen LogP contribution in [0.25, 0.3) is 0 Å². The molecule has 0 aliphatic carbocycles. The van der Waals surface area contributed by atoms with Crippen LogP contribution >= 0.6 is 0 Å². The Morgan fingerprint density at radius 3 is 1.97 bits per heavy atom. The monoisotopic (exact) mass is 478 g/mol. The molecule has 3 aromatic rings. The molecular weight excluding hydrogens is 462 g/mol. The second kappa shape index (κ2) is 8.77. The first-order chi connectivity index (χ1) is 16.0. The van der Waals surface area contributed by atoms with E-state index in [0.29, 0.717) is 5.69 Å². The smallest absolute Gasteiger partial charge is 0.406 e. The van der Waals surface area contributed by atoms with Gasteiger partial charge in [0.05, 0.1) is 11.6 Å². The molecule has 4 rings (SSSR count). The van der Waals surface area contributed by atoms with E-state index in [0.717, 1.165) is 29.8 Å². The molecule has 1 amide bonds. The molecule has 3 aromatic carbocycles. The van der Waals surface area contributed by atoms with Crippen LogP contribution < -0.4 is 15.0 Å². The fraction of sp³-hybridized carbons (Fsp3) is 0.125. The number of amides is 1. The molecule has 0 fully saturated rings. The van der Waals surface area contributed by atoms with E-state index in [4.69, 9.17) is 0 Å². The summed E-state index contributed by atoms with van der Waals surface area (Å²) in [6, 6.07) is 17.3. The highest BCUT2D eigenvalue weighted by molar-refractivity contribution is 6.11. The fourth-order valence-electron chi connectivity index (χ4n) is 3.53. The summed E-state index contributed by atoms with van der Waals surface area (Å²) in [6.45, 7) is 0. The van der Waals surface area contributed by atoms with Crippen molar-refractivity contribution in [2.45, 2.75) is 18.6 Å². The fourth-order valence-corrected chi connectivity index (χ4v) is 3.53. The van der Waals surface area contributed by atoms with E-state index in [2.05, 4.69) is 10.1 Å². The summed E-state index contributed by atoms with van der Waals surface area (Å²) in [5, 5.41) is 2.87. The minimum absolute atomic E-state index is 0.123. The van der Waals surface area contributed by atoms with Crippen LogP contribution in [0.5, 0.6) is 5.75 Å². The van der Waals surface area contributed by atoms with Crippen molar-refractivity contribution in [3.8, 4) is 5.75 Å². The van der Waals surface area contributed by atoms with E-state index < -0.39 is 35.8 Å². The maximum Gasteiger partial charge on any atom is 0.573 e. The SMILES string of the molecule is O=C1C(Nc2ccc(OC(F)(F)F)cc2)=CC(c2ccccc2)N1c1ccc(C(F)(F)F)cc1. The Bertz CT molecular complexity index is 1190. The molecule has 1 aliphatic rings. The first-order valence-corrected chi connectivity index (χ1v) is 9.92. The Kier molecular flexibility index (Phi) is 5.99. The molecule has 0 aromatic heterocycles. The summed E-state index contributed by atoms with van der Waals surface area (Å²) in [5.74, 6) is -0.928. The summed E-state index contributed by atoms with van der Waals surface area (Å²) in [4.78, 5) is 14.6. The molecular formula is C24H16F6N2O2. The summed E-state index contributed by atoms with van der Waals surface area (Å²) in [7, 11) is 0. The van der Waals surface area contributed by atoms with Gasteiger partial charge in [0.25, 0.3) is 5.91 Å². The minimum Gasteiger partial charge on any atom is -0.406 e. The van der Waals surface area contributed by atoms with Crippen molar-refractivity contribution >= 4 is 17.3 Å². The largest absolute Gasteiger partial charge is 0.573 e. The highest BCUT2D eigenvalue weighted by Gasteiger charge is 2.36. The van der Waals surface area contributed by atoms with Gasteiger partial charge in [0, 0.05) is 11.4 Å². The lowest BCUT2D eigenvalue weighted by atomic mass is 10.1. The zero-order valence-electron chi connectivity index (χ0n) is 17.2. The quantitative estimate of drug-likeness (QED) is 0.416. The van der Waals surface area contributed by atoms with Crippen LogP contribution in [0.1, 0.15) is 17.2 Å². The standard InChI is InChI=1S/C24H16F6N2O2/c25-23(26,27)16-6-10-18(11-7-16)32-21(15-4-2-1-3-5-15)14-20(22(32)33)31-17-8-12-19(13-9-17)34-24(28,29)30/h1-14,21,31H. The van der Waals surface area contributed by atoms with E-state index >= 15 is 0 Å². The number of nitrogens with zero attached hydrogens (tertiary/aromatic N) is 1. The number of hydrogen-bond donors (Lipinski definition) is 1. The van der Waals surface area contributed by atoms with Gasteiger partial charge in [0.2, 0.25) is 0 Å². The third-order valence-corrected chi connectivity index (χ3v) is 5.03. The Hall–Kier alpha value is -3.95. The third-order valence-electron chi connectivity index (χ3n) is 5.03. The van der Waals surface area contributed by atoms with Crippen molar-refractivity contribution in [3.05, 3.63) is 102 Å². The number of anilines is 2. The van der Waals surface area contributed by atoms with Crippen molar-refractivity contribution in [1.29, 1.82) is 0 Å². The van der Waals surface area contributed by atoms with Crippen LogP contribution in [-0.4, -0.2) is 12.3 Å². The Morgan fingerprint density at radius 1 is 0.794 bits per heavy atom. The molecule has 1 heterocycles. The van der Waals surface area contributed by atoms with E-state index in [-0.39, 0.29) is 11.4 Å². The second-order valence-electron chi connectivity index (χ2n) is 7.35. The maximum absolute atomic E-state index is 13.2. The lowest BCUT2D eigenvalue weighted by molar-refractivity contribution is -0.274. The van der Waals surface area contributed by atoms with Gasteiger partial charge in [-0.15, -0.1) is 13.2 Å². The molecule has 1 unspecified atom stereocenters. The second-order valence-corrected chi connectivity index (χ2v) is 7.35. The van der Waals surface area contributed by atoms with Gasteiger partial charge in [-0.05, 0) is 60.2 Å². The Labute approximate surface area is 190 Å². The lowest BCUT2D eigenvalue weighted by Gasteiger charge is -2.25. The molecule has 34 heavy (non-hydrogen) atoms. The average molecular weight is 478 g/mol. The van der Waals surface area contributed by atoms with Gasteiger partial charge in [-0.1, -0.05) is 30.3 Å². The highest BCUT2D eigenvalue weighted by Crippen LogP contribution is 2.38. The number of hydrogen-bond acceptors (Lipinski definition) is 3. The number of carbonyl (C=O) groups is 1. The number of carbonyl (C=O) groups excluding carboxylic acids is 1. The van der Waals surface area contributed by atoms with Crippen LogP contribution in [0.2, 0.25) is 0 Å². The topological polar surface area (TPSA) is 41.6 Å². The summed E-state index contributed by atoms with van der Waals surface area (Å²) < 4.78 is 79.8. The molecule has 1 atom stereocenters. The van der Waals surface area contributed by atoms with Gasteiger partial charge in [-0.3, -0.25) is 9.69 Å². The highest BCUT2D eigenvalue weighted by atomic mass is 19.4. The molecule has 0 spiro atoms. The number of benzene rings is 3. The zero-order valence-corrected chi connectivity index (χ0v) is 17.2. The molecule has 176 valence electrons. The molecule has 4 nitrogen and oxygen atoms in total. The predicted octanol–water partition coefficient (Wildman–Crippen LogP) is 6.69. The molecule has 0 saturated carbocycles. The van der Waals surface area contributed by atoms with E-state index in [1.165, 1.54) is 29.2 Å². The third kappa shape index (κ3) is 5.16. The van der Waals surface area contributed by atoms with Crippen LogP contribution in [0, 0.1) is 0 Å². The maximum atomic E-state index is 13.2. The van der Waals surface area contributed by atoms with Gasteiger partial charge < -0.3 is 10.1 Å². The van der Waals surface area contributed by atoms with Gasteiger partial charge in [-0.25, -0.2) is 0 Å². The van der Waals surface area contributed by atoms with Crippen molar-refractivity contribution in [1.82, 2.24) is 0 Å². The van der Waals surface area contributed by atoms with Crippen LogP contribution in [0.4, 0.5) is 37.7 Å². The van der Waals surface area contributed by atoms with Gasteiger partial charge in [0.1, 0.15) is 11.4 Å². The average Bonchev–Trinajstić information content (AvgIpc) is 3.10. The van der Waals surface area contributed by atoms with Crippen LogP contribution in [0.15, 0.2) is 90.6 Å². The van der Waals surface area contributed by atoms with Crippen molar-refractivity contribution < 1.29 is 35.9 Å². The van der Waals surface area contributed by atoms with Crippen molar-refractivity contribution in [3.63, 3.8) is 0 Å². The first kappa shape index (κ1) is 23.2. The summed E-state index contributed by atoms with van der Waals surface area (Å²) >= 11 is 0. The molecule has 1 N–H and O–H groups in total. The molecule has 0 saturated heterocycles. The van der Waals surface area contributed by atoms with E-state index in [1.807, 2.05) is 0 Å². The van der Waals surface area contributed by atoms with Crippen LogP contribution in [-0.2, 0) is 11.0 Å². The van der Waals surface area contributed by atoms with Crippen molar-refractivity contribution in [2.75, 3.05) is 10.2 Å². The predicted molar refractivity (Wildman–Crippen MR) is 113 cm³/mol. The first-order valence-electron chi connectivity index (χ1n) is 9.92. The van der Waals surface area contributed by atoms with Gasteiger partial charge >= 0.3 is 12.5 Å². The Morgan fingerprint density at radius 2 is 1.41 bits per heavy atom. The molecule has 0 bridgehead atoms. The molecule has 0 radical (unpaired) electrons. The summed E-state index contributed by atoms with van der Waals surface area (Å²) in [6.07, 6.45) is -7.74. The Balaban J connectivity index is 1.62. The van der Waals surface area contributed by atoms with Gasteiger partial charge in [-0.2, -0.15) is 13.2 Å². The number of nitrogens with one attached hydrogen (secondary N) is 1. The number of alkyl halides is 6. The lowest BCUT2D eigenvalue weighted by Crippen LogP contribution is -2.30. The number of rotatable bonds is 5. The number of ether oxygens (including phenoxy) is 1. The van der Waals surface area contributed by atoms with Crippen LogP contribution in [0.3, 0.4) is 0 Å². The molecule has 1 aliphatic heterocycles. The number of halogens is 6. The van der Waals surface area contributed by atoms with E-state index in [9.17, 15) is 31.1 Å². The minimum atomic E-state index is -4.83. The normalized spacial score (nSPS) is 16.4. The van der Waals surface area contributed by atoms with E-state index in [1.54, 1.807) is 36.4 Å².